The van der Waals surface area contributed by atoms with Gasteiger partial charge in [0.1, 0.15) is 6.42 Å². The maximum Gasteiger partial charge on any atom is 0.236 e. The third-order valence-corrected chi connectivity index (χ3v) is 1.82. The Bertz CT molecular complexity index is 215. The molecule has 0 aromatic carbocycles. The molecule has 0 fully saturated rings. The minimum atomic E-state index is -0.308. The van der Waals surface area contributed by atoms with Crippen molar-refractivity contribution in [3.8, 4) is 0 Å². The fourth-order valence-corrected chi connectivity index (χ4v) is 1.16. The summed E-state index contributed by atoms with van der Waals surface area (Å²) in [5, 5.41) is 2.63. The van der Waals surface area contributed by atoms with Crippen molar-refractivity contribution in [1.29, 1.82) is 0 Å². The van der Waals surface area contributed by atoms with Crippen LogP contribution in [0.15, 0.2) is 0 Å². The second kappa shape index (κ2) is 7.26. The standard InChI is InChI=1S/C11H21N2O2/c1-5-6-12-10(14)7-11(15)13(4)8-9(2)3/h7,9H,5-6,8H2,1-4H3,(H,12,14). The molecule has 0 saturated carbocycles. The van der Waals surface area contributed by atoms with Crippen LogP contribution >= 0.6 is 0 Å². The Balaban J connectivity index is 3.85. The summed E-state index contributed by atoms with van der Waals surface area (Å²) in [6.07, 6.45) is 1.98. The molecule has 0 bridgehead atoms. The van der Waals surface area contributed by atoms with E-state index in [-0.39, 0.29) is 11.8 Å². The minimum absolute atomic E-state index is 0.239. The van der Waals surface area contributed by atoms with Gasteiger partial charge in [-0.1, -0.05) is 20.8 Å². The number of carbonyl (C=O) groups excluding carboxylic acids is 2. The molecule has 4 nitrogen and oxygen atoms in total. The maximum absolute atomic E-state index is 11.5. The summed E-state index contributed by atoms with van der Waals surface area (Å²) in [5.74, 6) is -0.138. The molecule has 0 unspecified atom stereocenters. The summed E-state index contributed by atoms with van der Waals surface area (Å²) in [5.41, 5.74) is 0. The summed E-state index contributed by atoms with van der Waals surface area (Å²) in [6, 6.07) is 0. The van der Waals surface area contributed by atoms with E-state index in [0.29, 0.717) is 19.0 Å². The number of carbonyl (C=O) groups is 2. The van der Waals surface area contributed by atoms with Crippen molar-refractivity contribution in [2.75, 3.05) is 20.1 Å². The van der Waals surface area contributed by atoms with E-state index in [4.69, 9.17) is 0 Å². The molecule has 0 aromatic heterocycles. The molecule has 1 radical (unpaired) electrons. The molecule has 0 heterocycles. The predicted octanol–water partition coefficient (Wildman–Crippen LogP) is 0.831. The first kappa shape index (κ1) is 13.9. The zero-order valence-electron chi connectivity index (χ0n) is 10.0. The van der Waals surface area contributed by atoms with Gasteiger partial charge in [-0.25, -0.2) is 0 Å². The van der Waals surface area contributed by atoms with Crippen molar-refractivity contribution >= 4 is 11.8 Å². The van der Waals surface area contributed by atoms with Gasteiger partial charge in [-0.05, 0) is 12.3 Å². The Kier molecular flexibility index (Phi) is 6.75. The SMILES string of the molecule is CCCNC(=O)[CH]C(=O)N(C)CC(C)C. The topological polar surface area (TPSA) is 49.4 Å². The van der Waals surface area contributed by atoms with E-state index in [0.717, 1.165) is 12.8 Å². The van der Waals surface area contributed by atoms with E-state index in [1.54, 1.807) is 11.9 Å². The number of rotatable bonds is 6. The van der Waals surface area contributed by atoms with Gasteiger partial charge in [0.05, 0.1) is 0 Å². The van der Waals surface area contributed by atoms with Crippen LogP contribution in [0.5, 0.6) is 0 Å². The highest BCUT2D eigenvalue weighted by atomic mass is 16.2. The Morgan fingerprint density at radius 1 is 1.40 bits per heavy atom. The Morgan fingerprint density at radius 2 is 2.00 bits per heavy atom. The predicted molar refractivity (Wildman–Crippen MR) is 60.1 cm³/mol. The van der Waals surface area contributed by atoms with Crippen molar-refractivity contribution in [2.45, 2.75) is 27.2 Å². The van der Waals surface area contributed by atoms with E-state index < -0.39 is 0 Å². The highest BCUT2D eigenvalue weighted by molar-refractivity contribution is 6.08. The van der Waals surface area contributed by atoms with Crippen LogP contribution in [0.4, 0.5) is 0 Å². The molecular weight excluding hydrogens is 192 g/mol. The molecule has 0 spiro atoms. The molecule has 4 heteroatoms. The fraction of sp³-hybridized carbons (Fsp3) is 0.727. The van der Waals surface area contributed by atoms with Gasteiger partial charge in [0.25, 0.3) is 0 Å². The van der Waals surface area contributed by atoms with E-state index >= 15 is 0 Å². The first-order valence-corrected chi connectivity index (χ1v) is 5.35. The zero-order valence-corrected chi connectivity index (χ0v) is 10.0. The summed E-state index contributed by atoms with van der Waals surface area (Å²) in [4.78, 5) is 24.2. The van der Waals surface area contributed by atoms with Gasteiger partial charge in [0.15, 0.2) is 0 Å². The lowest BCUT2D eigenvalue weighted by atomic mass is 10.2. The van der Waals surface area contributed by atoms with Gasteiger partial charge in [0.2, 0.25) is 11.8 Å². The minimum Gasteiger partial charge on any atom is -0.355 e. The van der Waals surface area contributed by atoms with Crippen molar-refractivity contribution in [3.63, 3.8) is 0 Å². The van der Waals surface area contributed by atoms with Crippen molar-refractivity contribution < 1.29 is 9.59 Å². The normalized spacial score (nSPS) is 10.2. The van der Waals surface area contributed by atoms with Crippen LogP contribution < -0.4 is 5.32 Å². The number of hydrogen-bond acceptors (Lipinski definition) is 2. The quantitative estimate of drug-likeness (QED) is 0.664. The third-order valence-electron chi connectivity index (χ3n) is 1.82. The molecule has 0 aliphatic carbocycles. The summed E-state index contributed by atoms with van der Waals surface area (Å²) < 4.78 is 0. The van der Waals surface area contributed by atoms with E-state index in [1.807, 2.05) is 20.8 Å². The van der Waals surface area contributed by atoms with Crippen LogP contribution in [0.2, 0.25) is 0 Å². The Morgan fingerprint density at radius 3 is 2.47 bits per heavy atom. The lowest BCUT2D eigenvalue weighted by molar-refractivity contribution is -0.130. The summed E-state index contributed by atoms with van der Waals surface area (Å²) in [6.45, 7) is 7.29. The average Bonchev–Trinajstić information content (AvgIpc) is 2.13. The van der Waals surface area contributed by atoms with Crippen molar-refractivity contribution in [1.82, 2.24) is 10.2 Å². The summed E-state index contributed by atoms with van der Waals surface area (Å²) >= 11 is 0. The molecular formula is C11H21N2O2. The maximum atomic E-state index is 11.5. The first-order valence-electron chi connectivity index (χ1n) is 5.35. The van der Waals surface area contributed by atoms with Crippen LogP contribution in [-0.2, 0) is 9.59 Å². The molecule has 1 N–H and O–H groups in total. The van der Waals surface area contributed by atoms with Crippen LogP contribution in [0.25, 0.3) is 0 Å². The molecule has 0 rings (SSSR count). The molecule has 15 heavy (non-hydrogen) atoms. The van der Waals surface area contributed by atoms with Crippen LogP contribution in [0, 0.1) is 12.3 Å². The van der Waals surface area contributed by atoms with Crippen LogP contribution in [-0.4, -0.2) is 36.9 Å². The van der Waals surface area contributed by atoms with Gasteiger partial charge in [-0.3, -0.25) is 9.59 Å². The Labute approximate surface area is 92.0 Å². The lowest BCUT2D eigenvalue weighted by Gasteiger charge is -2.18. The zero-order chi connectivity index (χ0) is 11.8. The molecule has 0 aliphatic rings. The molecule has 0 atom stereocenters. The van der Waals surface area contributed by atoms with Crippen molar-refractivity contribution in [3.05, 3.63) is 6.42 Å². The molecule has 0 aromatic rings. The van der Waals surface area contributed by atoms with Crippen molar-refractivity contribution in [2.24, 2.45) is 5.92 Å². The lowest BCUT2D eigenvalue weighted by Crippen LogP contribution is -2.36. The number of nitrogens with one attached hydrogen (secondary N) is 1. The van der Waals surface area contributed by atoms with Gasteiger partial charge in [-0.15, -0.1) is 0 Å². The third kappa shape index (κ3) is 6.94. The highest BCUT2D eigenvalue weighted by Gasteiger charge is 2.14. The smallest absolute Gasteiger partial charge is 0.236 e. The van der Waals surface area contributed by atoms with E-state index in [2.05, 4.69) is 5.32 Å². The fourth-order valence-electron chi connectivity index (χ4n) is 1.16. The van der Waals surface area contributed by atoms with E-state index in [9.17, 15) is 9.59 Å². The molecule has 87 valence electrons. The molecule has 0 saturated heterocycles. The average molecular weight is 213 g/mol. The van der Waals surface area contributed by atoms with Gasteiger partial charge in [-0.2, -0.15) is 0 Å². The van der Waals surface area contributed by atoms with E-state index in [1.165, 1.54) is 0 Å². The second-order valence-electron chi connectivity index (χ2n) is 4.05. The largest absolute Gasteiger partial charge is 0.355 e. The monoisotopic (exact) mass is 213 g/mol. The number of nitrogens with zero attached hydrogens (tertiary/aromatic N) is 1. The van der Waals surface area contributed by atoms with Gasteiger partial charge in [0, 0.05) is 20.1 Å². The van der Waals surface area contributed by atoms with Crippen LogP contribution in [0.3, 0.4) is 0 Å². The first-order chi connectivity index (χ1) is 6.97. The summed E-state index contributed by atoms with van der Waals surface area (Å²) in [7, 11) is 1.70. The Hall–Kier alpha value is -1.06. The van der Waals surface area contributed by atoms with Gasteiger partial charge < -0.3 is 10.2 Å². The number of hydrogen-bond donors (Lipinski definition) is 1. The van der Waals surface area contributed by atoms with Gasteiger partial charge >= 0.3 is 0 Å². The molecule has 2 amide bonds. The number of amides is 2. The second-order valence-corrected chi connectivity index (χ2v) is 4.05. The molecule has 0 aliphatic heterocycles. The van der Waals surface area contributed by atoms with Crippen LogP contribution in [0.1, 0.15) is 27.2 Å². The highest BCUT2D eigenvalue weighted by Crippen LogP contribution is 1.97.